The van der Waals surface area contributed by atoms with Crippen molar-refractivity contribution in [2.24, 2.45) is 0 Å². The van der Waals surface area contributed by atoms with Crippen molar-refractivity contribution in [3.8, 4) is 17.2 Å². The Hall–Kier alpha value is -4.66. The fourth-order valence-electron chi connectivity index (χ4n) is 2.91. The van der Waals surface area contributed by atoms with Gasteiger partial charge in [0.2, 0.25) is 11.7 Å². The number of rotatable bonds is 9. The second-order valence-corrected chi connectivity index (χ2v) is 7.11. The molecule has 0 unspecified atom stereocenters. The molecule has 9 nitrogen and oxygen atoms in total. The maximum Gasteiger partial charge on any atom is 0.338 e. The van der Waals surface area contributed by atoms with Crippen LogP contribution in [0, 0.1) is 6.92 Å². The Labute approximate surface area is 195 Å². The number of para-hydroxylation sites is 1. The molecular weight excluding hydrogens is 438 g/mol. The van der Waals surface area contributed by atoms with E-state index in [1.54, 1.807) is 55.5 Å². The third kappa shape index (κ3) is 6.42. The largest absolute Gasteiger partial charge is 0.485 e. The van der Waals surface area contributed by atoms with E-state index in [0.29, 0.717) is 34.7 Å². The van der Waals surface area contributed by atoms with E-state index >= 15 is 0 Å². The van der Waals surface area contributed by atoms with Crippen LogP contribution in [0.5, 0.6) is 17.2 Å². The summed E-state index contributed by atoms with van der Waals surface area (Å²) in [5.41, 5.74) is 0.807. The van der Waals surface area contributed by atoms with Gasteiger partial charge >= 0.3 is 5.97 Å². The molecule has 0 spiro atoms. The number of carbonyl (C=O) groups is 2. The highest BCUT2D eigenvalue weighted by atomic mass is 16.5. The fraction of sp³-hybridized carbons (Fsp3) is 0.120. The second kappa shape index (κ2) is 10.8. The molecular formula is C25H21N3O6. The topological polar surface area (TPSA) is 113 Å². The molecule has 4 rings (SSSR count). The van der Waals surface area contributed by atoms with Crippen LogP contribution in [0.1, 0.15) is 22.1 Å². The van der Waals surface area contributed by atoms with Gasteiger partial charge in [-0.15, -0.1) is 0 Å². The van der Waals surface area contributed by atoms with Crippen molar-refractivity contribution in [2.75, 3.05) is 11.9 Å². The van der Waals surface area contributed by atoms with Gasteiger partial charge in [-0.2, -0.15) is 4.98 Å². The molecule has 0 fully saturated rings. The number of carbonyl (C=O) groups excluding carboxylic acids is 2. The standard InChI is InChI=1S/C25H21N3O6/c1-17-26-23(28-34-17)15-31-20-12-10-18(11-13-20)25(30)32-16-24(29)27-19-6-5-9-22(14-19)33-21-7-3-2-4-8-21/h2-14H,15-16H2,1H3,(H,27,29). The average Bonchev–Trinajstić information content (AvgIpc) is 3.27. The molecule has 1 N–H and O–H groups in total. The number of hydrogen-bond donors (Lipinski definition) is 1. The smallest absolute Gasteiger partial charge is 0.338 e. The van der Waals surface area contributed by atoms with E-state index < -0.39 is 18.5 Å². The number of hydrogen-bond acceptors (Lipinski definition) is 8. The van der Waals surface area contributed by atoms with Crippen molar-refractivity contribution in [1.29, 1.82) is 0 Å². The van der Waals surface area contributed by atoms with E-state index in [2.05, 4.69) is 15.5 Å². The van der Waals surface area contributed by atoms with E-state index in [0.717, 1.165) is 0 Å². The quantitative estimate of drug-likeness (QED) is 0.363. The molecule has 0 aliphatic heterocycles. The van der Waals surface area contributed by atoms with E-state index in [-0.39, 0.29) is 12.2 Å². The normalized spacial score (nSPS) is 10.4. The van der Waals surface area contributed by atoms with Crippen molar-refractivity contribution in [1.82, 2.24) is 10.1 Å². The maximum absolute atomic E-state index is 12.3. The zero-order valence-corrected chi connectivity index (χ0v) is 18.3. The van der Waals surface area contributed by atoms with E-state index in [9.17, 15) is 9.59 Å². The van der Waals surface area contributed by atoms with Gasteiger partial charge in [0.1, 0.15) is 17.2 Å². The molecule has 0 aliphatic rings. The van der Waals surface area contributed by atoms with Gasteiger partial charge in [-0.1, -0.05) is 29.4 Å². The monoisotopic (exact) mass is 459 g/mol. The highest BCUT2D eigenvalue weighted by Crippen LogP contribution is 2.23. The van der Waals surface area contributed by atoms with Crippen molar-refractivity contribution in [3.63, 3.8) is 0 Å². The Bertz CT molecular complexity index is 1260. The first-order valence-electron chi connectivity index (χ1n) is 10.4. The minimum absolute atomic E-state index is 0.138. The van der Waals surface area contributed by atoms with E-state index in [4.69, 9.17) is 18.7 Å². The first kappa shape index (κ1) is 22.5. The highest BCUT2D eigenvalue weighted by molar-refractivity contribution is 5.95. The zero-order chi connectivity index (χ0) is 23.8. The fourth-order valence-corrected chi connectivity index (χ4v) is 2.91. The van der Waals surface area contributed by atoms with Crippen LogP contribution >= 0.6 is 0 Å². The summed E-state index contributed by atoms with van der Waals surface area (Å²) in [5.74, 6) is 1.55. The maximum atomic E-state index is 12.3. The van der Waals surface area contributed by atoms with Gasteiger partial charge in [-0.25, -0.2) is 4.79 Å². The predicted molar refractivity (Wildman–Crippen MR) is 122 cm³/mol. The van der Waals surface area contributed by atoms with Gasteiger partial charge in [-0.3, -0.25) is 4.79 Å². The molecule has 0 saturated heterocycles. The number of ether oxygens (including phenoxy) is 3. The first-order valence-corrected chi connectivity index (χ1v) is 10.4. The number of aryl methyl sites for hydroxylation is 1. The third-order valence-corrected chi connectivity index (χ3v) is 4.46. The summed E-state index contributed by atoms with van der Waals surface area (Å²) in [6, 6.07) is 22.5. The van der Waals surface area contributed by atoms with Crippen LogP contribution in [0.2, 0.25) is 0 Å². The van der Waals surface area contributed by atoms with Gasteiger partial charge < -0.3 is 24.1 Å². The van der Waals surface area contributed by atoms with Crippen molar-refractivity contribution in [3.05, 3.63) is 96.1 Å². The van der Waals surface area contributed by atoms with Crippen LogP contribution in [0.4, 0.5) is 5.69 Å². The molecule has 4 aromatic rings. The van der Waals surface area contributed by atoms with Gasteiger partial charge in [0, 0.05) is 18.7 Å². The number of nitrogens with one attached hydrogen (secondary N) is 1. The van der Waals surface area contributed by atoms with Gasteiger partial charge in [0.15, 0.2) is 13.2 Å². The Balaban J connectivity index is 1.24. The second-order valence-electron chi connectivity index (χ2n) is 7.11. The lowest BCUT2D eigenvalue weighted by atomic mass is 10.2. The van der Waals surface area contributed by atoms with Crippen LogP contribution in [0.25, 0.3) is 0 Å². The Morgan fingerprint density at radius 2 is 1.68 bits per heavy atom. The molecule has 0 atom stereocenters. The lowest BCUT2D eigenvalue weighted by Gasteiger charge is -2.09. The van der Waals surface area contributed by atoms with Crippen LogP contribution in [0.15, 0.2) is 83.4 Å². The summed E-state index contributed by atoms with van der Waals surface area (Å²) in [7, 11) is 0. The molecule has 9 heteroatoms. The summed E-state index contributed by atoms with van der Waals surface area (Å²) in [6.45, 7) is 1.39. The number of anilines is 1. The van der Waals surface area contributed by atoms with Gasteiger partial charge in [0.05, 0.1) is 5.56 Å². The van der Waals surface area contributed by atoms with Gasteiger partial charge in [0.25, 0.3) is 5.91 Å². The minimum Gasteiger partial charge on any atom is -0.485 e. The summed E-state index contributed by atoms with van der Waals surface area (Å²) in [6.07, 6.45) is 0. The molecule has 0 saturated carbocycles. The van der Waals surface area contributed by atoms with Crippen LogP contribution < -0.4 is 14.8 Å². The number of nitrogens with zero attached hydrogens (tertiary/aromatic N) is 2. The first-order chi connectivity index (χ1) is 16.5. The number of esters is 1. The zero-order valence-electron chi connectivity index (χ0n) is 18.3. The molecule has 0 radical (unpaired) electrons. The summed E-state index contributed by atoms with van der Waals surface area (Å²) < 4.78 is 21.3. The molecule has 172 valence electrons. The third-order valence-electron chi connectivity index (χ3n) is 4.46. The van der Waals surface area contributed by atoms with Crippen molar-refractivity contribution in [2.45, 2.75) is 13.5 Å². The van der Waals surface area contributed by atoms with Crippen molar-refractivity contribution < 1.29 is 28.3 Å². The van der Waals surface area contributed by atoms with Crippen molar-refractivity contribution >= 4 is 17.6 Å². The number of benzene rings is 3. The van der Waals surface area contributed by atoms with Gasteiger partial charge in [-0.05, 0) is 48.5 Å². The number of aromatic nitrogens is 2. The summed E-state index contributed by atoms with van der Waals surface area (Å²) >= 11 is 0. The molecule has 1 amide bonds. The highest BCUT2D eigenvalue weighted by Gasteiger charge is 2.12. The predicted octanol–water partition coefficient (Wildman–Crippen LogP) is 4.54. The lowest BCUT2D eigenvalue weighted by molar-refractivity contribution is -0.119. The van der Waals surface area contributed by atoms with Crippen LogP contribution in [-0.2, 0) is 16.1 Å². The van der Waals surface area contributed by atoms with Crippen LogP contribution in [-0.4, -0.2) is 28.6 Å². The lowest BCUT2D eigenvalue weighted by Crippen LogP contribution is -2.20. The Morgan fingerprint density at radius 1 is 0.912 bits per heavy atom. The molecule has 3 aromatic carbocycles. The number of amides is 1. The minimum atomic E-state index is -0.628. The molecule has 1 aromatic heterocycles. The van der Waals surface area contributed by atoms with Crippen LogP contribution in [0.3, 0.4) is 0 Å². The van der Waals surface area contributed by atoms with E-state index in [1.807, 2.05) is 30.3 Å². The summed E-state index contributed by atoms with van der Waals surface area (Å²) in [5, 5.41) is 6.42. The van der Waals surface area contributed by atoms with E-state index in [1.165, 1.54) is 0 Å². The molecule has 0 aliphatic carbocycles. The average molecular weight is 459 g/mol. The molecule has 0 bridgehead atoms. The molecule has 1 heterocycles. The molecule has 34 heavy (non-hydrogen) atoms. The summed E-state index contributed by atoms with van der Waals surface area (Å²) in [4.78, 5) is 28.5. The Morgan fingerprint density at radius 3 is 2.41 bits per heavy atom. The Kier molecular flexibility index (Phi) is 7.14. The SMILES string of the molecule is Cc1nc(COc2ccc(C(=O)OCC(=O)Nc3cccc(Oc4ccccc4)c3)cc2)no1.